The lowest BCUT2D eigenvalue weighted by Gasteiger charge is -2.12. The van der Waals surface area contributed by atoms with Crippen molar-refractivity contribution in [2.24, 2.45) is 0 Å². The number of halogens is 6. The fourth-order valence-corrected chi connectivity index (χ4v) is 1.33. The number of alkyl halides is 5. The molecule has 20 heavy (non-hydrogen) atoms. The number of pyridine rings is 1. The molecule has 1 aromatic rings. The zero-order chi connectivity index (χ0) is 15.7. The Labute approximate surface area is 111 Å². The van der Waals surface area contributed by atoms with Gasteiger partial charge in [0.2, 0.25) is 5.75 Å². The average Bonchev–Trinajstić information content (AvgIpc) is 2.24. The van der Waals surface area contributed by atoms with Gasteiger partial charge in [-0.25, -0.2) is 13.8 Å². The molecule has 0 unspecified atom stereocenters. The molecule has 0 atom stereocenters. The Bertz CT molecular complexity index is 563. The quantitative estimate of drug-likeness (QED) is 0.368. The van der Waals surface area contributed by atoms with Gasteiger partial charge < -0.3 is 4.74 Å². The largest absolute Gasteiger partial charge is 0.573 e. The number of ether oxygens (including phenoxy) is 1. The Hall–Kier alpha value is -2.04. The molecule has 0 bridgehead atoms. The minimum atomic E-state index is -5.46. The molecule has 0 aliphatic rings. The van der Waals surface area contributed by atoms with E-state index in [9.17, 15) is 36.9 Å². The van der Waals surface area contributed by atoms with Gasteiger partial charge in [-0.05, 0) is 11.6 Å². The van der Waals surface area contributed by atoms with E-state index < -0.39 is 45.6 Å². The molecular formula is C8H2ClF5N2O4. The molecule has 0 aliphatic heterocycles. The van der Waals surface area contributed by atoms with Crippen LogP contribution in [-0.4, -0.2) is 21.5 Å². The molecule has 0 saturated heterocycles. The number of rotatable bonds is 4. The van der Waals surface area contributed by atoms with Crippen molar-refractivity contribution in [3.63, 3.8) is 0 Å². The third-order valence-corrected chi connectivity index (χ3v) is 2.04. The second-order valence-corrected chi connectivity index (χ2v) is 3.46. The molecule has 12 heteroatoms. The number of carbonyl (C=O) groups excluding carboxylic acids is 1. The molecule has 0 saturated carbocycles. The van der Waals surface area contributed by atoms with Gasteiger partial charge in [-0.1, -0.05) is 0 Å². The van der Waals surface area contributed by atoms with Gasteiger partial charge in [-0.2, -0.15) is 0 Å². The zero-order valence-corrected chi connectivity index (χ0v) is 9.71. The Morgan fingerprint density at radius 2 is 2.00 bits per heavy atom. The smallest absolute Gasteiger partial charge is 0.396 e. The van der Waals surface area contributed by atoms with Crippen LogP contribution in [0.2, 0.25) is 0 Å². The second kappa shape index (κ2) is 5.53. The summed E-state index contributed by atoms with van der Waals surface area (Å²) in [5.74, 6) is -1.78. The molecule has 1 heterocycles. The van der Waals surface area contributed by atoms with Crippen molar-refractivity contribution in [1.29, 1.82) is 0 Å². The number of hydrogen-bond acceptors (Lipinski definition) is 5. The van der Waals surface area contributed by atoms with Crippen LogP contribution in [0.3, 0.4) is 0 Å². The standard InChI is InChI=1S/C8H2ClF5N2O4/c9-6(17)3-5(20-8(12,13)14)4(16(18)19)2(1-15-3)7(10)11/h1,7H. The van der Waals surface area contributed by atoms with Crippen LogP contribution in [0, 0.1) is 10.1 Å². The average molecular weight is 321 g/mol. The van der Waals surface area contributed by atoms with E-state index in [1.807, 2.05) is 0 Å². The first kappa shape index (κ1) is 16.0. The summed E-state index contributed by atoms with van der Waals surface area (Å²) in [6.07, 6.45) is -8.78. The maximum atomic E-state index is 12.5. The summed E-state index contributed by atoms with van der Waals surface area (Å²) in [4.78, 5) is 22.9. The minimum Gasteiger partial charge on any atom is -0.396 e. The van der Waals surface area contributed by atoms with Gasteiger partial charge in [0.15, 0.2) is 5.69 Å². The first-order valence-corrected chi connectivity index (χ1v) is 4.83. The predicted molar refractivity (Wildman–Crippen MR) is 52.7 cm³/mol. The van der Waals surface area contributed by atoms with Crippen LogP contribution in [-0.2, 0) is 0 Å². The van der Waals surface area contributed by atoms with Crippen LogP contribution < -0.4 is 4.74 Å². The van der Waals surface area contributed by atoms with E-state index in [-0.39, 0.29) is 6.20 Å². The molecule has 0 fully saturated rings. The highest BCUT2D eigenvalue weighted by Crippen LogP contribution is 2.40. The fraction of sp³-hybridized carbons (Fsp3) is 0.250. The van der Waals surface area contributed by atoms with Crippen LogP contribution in [0.5, 0.6) is 5.75 Å². The minimum absolute atomic E-state index is 0.182. The molecule has 0 spiro atoms. The maximum Gasteiger partial charge on any atom is 0.573 e. The van der Waals surface area contributed by atoms with Gasteiger partial charge in [0.1, 0.15) is 5.56 Å². The fourth-order valence-electron chi connectivity index (χ4n) is 1.20. The molecule has 0 radical (unpaired) electrons. The van der Waals surface area contributed by atoms with E-state index in [1.54, 1.807) is 0 Å². The summed E-state index contributed by atoms with van der Waals surface area (Å²) in [7, 11) is 0. The highest BCUT2D eigenvalue weighted by atomic mass is 35.5. The van der Waals surface area contributed by atoms with Crippen molar-refractivity contribution in [3.8, 4) is 5.75 Å². The van der Waals surface area contributed by atoms with Crippen molar-refractivity contribution >= 4 is 22.5 Å². The Morgan fingerprint density at radius 3 is 2.35 bits per heavy atom. The van der Waals surface area contributed by atoms with E-state index in [0.717, 1.165) is 0 Å². The van der Waals surface area contributed by atoms with Crippen molar-refractivity contribution in [2.45, 2.75) is 12.8 Å². The van der Waals surface area contributed by atoms with Crippen molar-refractivity contribution in [2.75, 3.05) is 0 Å². The summed E-state index contributed by atoms with van der Waals surface area (Å²) < 4.78 is 64.7. The van der Waals surface area contributed by atoms with Crippen molar-refractivity contribution in [1.82, 2.24) is 4.98 Å². The lowest BCUT2D eigenvalue weighted by atomic mass is 10.2. The van der Waals surface area contributed by atoms with E-state index in [4.69, 9.17) is 11.6 Å². The zero-order valence-electron chi connectivity index (χ0n) is 8.95. The summed E-state index contributed by atoms with van der Waals surface area (Å²) in [6.45, 7) is 0. The first-order valence-electron chi connectivity index (χ1n) is 4.45. The summed E-state index contributed by atoms with van der Waals surface area (Å²) in [5, 5.41) is 9.02. The lowest BCUT2D eigenvalue weighted by Crippen LogP contribution is -2.20. The van der Waals surface area contributed by atoms with E-state index in [0.29, 0.717) is 0 Å². The predicted octanol–water partition coefficient (Wildman–Crippen LogP) is 3.21. The third-order valence-electron chi connectivity index (χ3n) is 1.86. The Morgan fingerprint density at radius 1 is 1.45 bits per heavy atom. The number of nitro groups is 1. The number of carbonyl (C=O) groups is 1. The van der Waals surface area contributed by atoms with E-state index in [1.165, 1.54) is 0 Å². The molecule has 110 valence electrons. The summed E-state index contributed by atoms with van der Waals surface area (Å²) in [6, 6.07) is 0. The second-order valence-electron chi connectivity index (χ2n) is 3.12. The SMILES string of the molecule is O=C(Cl)c1ncc(C(F)F)c([N+](=O)[O-])c1OC(F)(F)F. The topological polar surface area (TPSA) is 82.3 Å². The molecular weight excluding hydrogens is 319 g/mol. The lowest BCUT2D eigenvalue weighted by molar-refractivity contribution is -0.390. The molecule has 0 amide bonds. The molecule has 0 aromatic carbocycles. The van der Waals surface area contributed by atoms with Crippen molar-refractivity contribution in [3.05, 3.63) is 27.6 Å². The van der Waals surface area contributed by atoms with E-state index >= 15 is 0 Å². The molecule has 0 N–H and O–H groups in total. The number of hydrogen-bond donors (Lipinski definition) is 0. The van der Waals surface area contributed by atoms with Crippen molar-refractivity contribution < 1.29 is 36.4 Å². The highest BCUT2D eigenvalue weighted by Gasteiger charge is 2.40. The summed E-state index contributed by atoms with van der Waals surface area (Å²) >= 11 is 4.89. The normalized spacial score (nSPS) is 11.6. The Balaban J connectivity index is 3.65. The van der Waals surface area contributed by atoms with Gasteiger partial charge in [-0.3, -0.25) is 14.9 Å². The Kier molecular flexibility index (Phi) is 4.43. The first-order chi connectivity index (χ1) is 9.04. The van der Waals surface area contributed by atoms with Crippen LogP contribution in [0.4, 0.5) is 27.6 Å². The van der Waals surface area contributed by atoms with Crippen LogP contribution in [0.25, 0.3) is 0 Å². The van der Waals surface area contributed by atoms with Crippen LogP contribution >= 0.6 is 11.6 Å². The van der Waals surface area contributed by atoms with Gasteiger partial charge in [-0.15, -0.1) is 13.2 Å². The van der Waals surface area contributed by atoms with Crippen LogP contribution in [0.1, 0.15) is 22.5 Å². The van der Waals surface area contributed by atoms with E-state index in [2.05, 4.69) is 9.72 Å². The van der Waals surface area contributed by atoms with Gasteiger partial charge >= 0.3 is 12.0 Å². The van der Waals surface area contributed by atoms with Gasteiger partial charge in [0.25, 0.3) is 11.7 Å². The number of aromatic nitrogens is 1. The van der Waals surface area contributed by atoms with Gasteiger partial charge in [0.05, 0.1) is 4.92 Å². The highest BCUT2D eigenvalue weighted by molar-refractivity contribution is 6.67. The van der Waals surface area contributed by atoms with Crippen LogP contribution in [0.15, 0.2) is 6.20 Å². The number of nitrogens with zero attached hydrogens (tertiary/aromatic N) is 2. The molecule has 6 nitrogen and oxygen atoms in total. The molecule has 1 rings (SSSR count). The molecule has 1 aromatic heterocycles. The van der Waals surface area contributed by atoms with Gasteiger partial charge in [0, 0.05) is 6.20 Å². The monoisotopic (exact) mass is 320 g/mol. The molecule has 0 aliphatic carbocycles. The third kappa shape index (κ3) is 3.50. The maximum absolute atomic E-state index is 12.5. The summed E-state index contributed by atoms with van der Waals surface area (Å²) in [5.41, 5.74) is -4.45.